The van der Waals surface area contributed by atoms with E-state index in [9.17, 15) is 46.5 Å². The number of halogens is 5. The van der Waals surface area contributed by atoms with Gasteiger partial charge in [-0.25, -0.2) is 51.9 Å². The third-order valence-electron chi connectivity index (χ3n) is 24.1. The fraction of sp³-hybridized carbons (Fsp3) is 0.352. The van der Waals surface area contributed by atoms with Crippen LogP contribution in [0, 0.1) is 17.5 Å². The highest BCUT2D eigenvalue weighted by Gasteiger charge is 2.39. The largest absolute Gasteiger partial charge is 0.387 e. The van der Waals surface area contributed by atoms with Gasteiger partial charge in [-0.1, -0.05) is 24.3 Å². The lowest BCUT2D eigenvalue weighted by atomic mass is 9.91. The number of morpholine rings is 2. The molecular weight excluding hydrogens is 1560 g/mol. The second-order valence-corrected chi connectivity index (χ2v) is 32.7. The van der Waals surface area contributed by atoms with Crippen molar-refractivity contribution in [2.45, 2.75) is 88.9 Å². The van der Waals surface area contributed by atoms with E-state index in [-0.39, 0.29) is 47.1 Å². The molecule has 0 spiro atoms. The number of piperazine rings is 1. The minimum absolute atomic E-state index is 0.0582. The molecule has 5 fully saturated rings. The van der Waals surface area contributed by atoms with Crippen molar-refractivity contribution in [1.29, 1.82) is 0 Å². The molecule has 9 N–H and O–H groups in total. The average molecular weight is 1650 g/mol. The molecule has 0 aliphatic carbocycles. The predicted octanol–water partition coefficient (Wildman–Crippen LogP) is 11.0. The van der Waals surface area contributed by atoms with Crippen molar-refractivity contribution >= 4 is 80.6 Å². The number of nitrogens with zero attached hydrogens (tertiary/aromatic N) is 14. The molecular formula is C88H92F5N21O7. The van der Waals surface area contributed by atoms with E-state index in [1.54, 1.807) is 30.9 Å². The zero-order valence-electron chi connectivity index (χ0n) is 66.9. The molecule has 0 bridgehead atoms. The highest BCUT2D eigenvalue weighted by Crippen LogP contribution is 2.41. The number of hydrogen-bond donors (Lipinski definition) is 9. The normalized spacial score (nSPS) is 19.9. The quantitative estimate of drug-likeness (QED) is 0.0361. The van der Waals surface area contributed by atoms with Gasteiger partial charge in [0, 0.05) is 170 Å². The van der Waals surface area contributed by atoms with E-state index < -0.39 is 29.0 Å². The summed E-state index contributed by atoms with van der Waals surface area (Å²) in [5.74, 6) is -0.474. The Morgan fingerprint density at radius 2 is 0.934 bits per heavy atom. The topological polar surface area (TPSA) is 301 Å². The van der Waals surface area contributed by atoms with Crippen LogP contribution < -0.4 is 47.0 Å². The first-order valence-corrected chi connectivity index (χ1v) is 40.9. The molecule has 0 unspecified atom stereocenters. The Bertz CT molecular complexity index is 5660. The fourth-order valence-electron chi connectivity index (χ4n) is 17.9. The standard InChI is InChI=1S/2C30H32FN7O3.C28H28F3N7O/c2*31-20-6-9-38-25(17-33-27(38)14-20)22-3-4-24(28-23(22)16-34-29(28)39)35-26-5-2-21(15-32-26)37-8-1-7-30(40,19-37)18-36-10-12-41-13-11-36;1-28(2)15-32-8-10-37(28)14-16-3-6-22(33-11-16)36-20-5-4-17(19-12-35-27(39)23(19)20)21-13-34-26-24(29)18(25(30)31)7-9-38(21)26/h2*2-6,9,14-15,17,40H,1,7-8,10-13,16,18-19H2,(H,32,35)(H,34,39);3-7,9,11,13,25,32H,8,10,12,14-15H2,1-2H3,(H,33,36)(H,35,39)/t2*30-;/m10./s1. The summed E-state index contributed by atoms with van der Waals surface area (Å²) >= 11 is 0. The molecule has 8 aliphatic heterocycles. The Hall–Kier alpha value is -12.1. The molecule has 626 valence electrons. The van der Waals surface area contributed by atoms with E-state index in [2.05, 4.69) is 105 Å². The van der Waals surface area contributed by atoms with Crippen molar-refractivity contribution in [2.24, 2.45) is 0 Å². The van der Waals surface area contributed by atoms with Crippen LogP contribution >= 0.6 is 0 Å². The van der Waals surface area contributed by atoms with Gasteiger partial charge >= 0.3 is 0 Å². The van der Waals surface area contributed by atoms with Crippen LogP contribution in [0.5, 0.6) is 0 Å². The van der Waals surface area contributed by atoms with Crippen LogP contribution in [0.2, 0.25) is 0 Å². The van der Waals surface area contributed by atoms with Gasteiger partial charge < -0.3 is 66.7 Å². The SMILES string of the molecule is CC1(C)CNCCN1Cc1ccc(Nc2ccc(-c3cnc4c(F)c(C(F)F)ccn34)c3c2C(=O)NC3)nc1.O=C1NCc2c(-c3cnc4cc(F)ccn34)ccc(Nc3ccc(N4CCC[C@@](O)(CN5CCOCC5)C4)cn3)c21.O=C1NCc2c(-c3cnc4cc(F)ccn34)ccc(Nc3ccc(N4CCC[C@](O)(CN5CCOCC5)C4)cn3)c21. The summed E-state index contributed by atoms with van der Waals surface area (Å²) in [5.41, 5.74) is 12.1. The van der Waals surface area contributed by atoms with E-state index in [1.165, 1.54) is 41.1 Å². The predicted molar refractivity (Wildman–Crippen MR) is 447 cm³/mol. The monoisotopic (exact) mass is 1650 g/mol. The maximum Gasteiger partial charge on any atom is 0.266 e. The number of imidazole rings is 3. The number of nitrogens with one attached hydrogen (secondary N) is 7. The van der Waals surface area contributed by atoms with E-state index in [0.29, 0.717) is 145 Å². The lowest BCUT2D eigenvalue weighted by molar-refractivity contribution is -0.0385. The molecule has 12 aromatic rings. The number of alkyl halides is 2. The Morgan fingerprint density at radius 1 is 0.496 bits per heavy atom. The number of rotatable bonds is 18. The summed E-state index contributed by atoms with van der Waals surface area (Å²) in [4.78, 5) is 76.6. The number of carbonyl (C=O) groups excluding carboxylic acids is 3. The maximum atomic E-state index is 14.6. The molecule has 0 radical (unpaired) electrons. The first kappa shape index (κ1) is 80.0. The molecule has 121 heavy (non-hydrogen) atoms. The van der Waals surface area contributed by atoms with Crippen molar-refractivity contribution in [3.8, 4) is 33.8 Å². The molecule has 8 aliphatic rings. The van der Waals surface area contributed by atoms with Crippen molar-refractivity contribution in [1.82, 2.24) is 79.1 Å². The van der Waals surface area contributed by atoms with Crippen molar-refractivity contribution in [3.05, 3.63) is 221 Å². The molecule has 20 rings (SSSR count). The van der Waals surface area contributed by atoms with Gasteiger partial charge in [0.05, 0.1) is 136 Å². The number of aromatic nitrogens is 9. The summed E-state index contributed by atoms with van der Waals surface area (Å²) < 4.78 is 84.3. The van der Waals surface area contributed by atoms with Crippen LogP contribution in [0.3, 0.4) is 0 Å². The Kier molecular flexibility index (Phi) is 22.1. The molecule has 28 nitrogen and oxygen atoms in total. The van der Waals surface area contributed by atoms with Crippen LogP contribution in [0.25, 0.3) is 50.7 Å². The number of piperidine rings is 2. The van der Waals surface area contributed by atoms with E-state index in [4.69, 9.17) is 9.47 Å². The lowest BCUT2D eigenvalue weighted by Gasteiger charge is -2.43. The molecule has 9 aromatic heterocycles. The number of fused-ring (bicyclic) bond motifs is 6. The minimum Gasteiger partial charge on any atom is -0.387 e. The molecule has 2 atom stereocenters. The number of hydrogen-bond acceptors (Lipinski definition) is 22. The van der Waals surface area contributed by atoms with Gasteiger partial charge in [0.1, 0.15) is 40.4 Å². The second kappa shape index (κ2) is 33.5. The summed E-state index contributed by atoms with van der Waals surface area (Å²) in [7, 11) is 0. The lowest BCUT2D eigenvalue weighted by Crippen LogP contribution is -2.57. The molecule has 3 aromatic carbocycles. The molecule has 33 heteroatoms. The zero-order chi connectivity index (χ0) is 83.3. The summed E-state index contributed by atoms with van der Waals surface area (Å²) in [6.45, 7) is 19.6. The Balaban J connectivity index is 0.000000124. The highest BCUT2D eigenvalue weighted by molar-refractivity contribution is 6.08. The van der Waals surface area contributed by atoms with Gasteiger partial charge in [-0.05, 0) is 129 Å². The Morgan fingerprint density at radius 3 is 1.36 bits per heavy atom. The van der Waals surface area contributed by atoms with Crippen LogP contribution in [-0.2, 0) is 35.7 Å². The number of benzene rings is 3. The number of anilines is 8. The van der Waals surface area contributed by atoms with Gasteiger partial charge in [0.15, 0.2) is 11.5 Å². The summed E-state index contributed by atoms with van der Waals surface area (Å²) in [5, 5.41) is 44.8. The van der Waals surface area contributed by atoms with Gasteiger partial charge in [-0.2, -0.15) is 0 Å². The minimum atomic E-state index is -2.94. The fourth-order valence-corrected chi connectivity index (χ4v) is 17.9. The van der Waals surface area contributed by atoms with E-state index in [0.717, 1.165) is 148 Å². The second-order valence-electron chi connectivity index (χ2n) is 32.7. The van der Waals surface area contributed by atoms with Crippen LogP contribution in [0.15, 0.2) is 159 Å². The van der Waals surface area contributed by atoms with Crippen molar-refractivity contribution < 1.29 is 56.0 Å². The van der Waals surface area contributed by atoms with Crippen LogP contribution in [0.1, 0.15) is 105 Å². The third kappa shape index (κ3) is 16.6. The number of β-amino-alcohol motifs (C(OH)–C–C–N with tert-alkyl or cyclic N) is 2. The van der Waals surface area contributed by atoms with E-state index >= 15 is 0 Å². The Labute approximate surface area is 693 Å². The summed E-state index contributed by atoms with van der Waals surface area (Å²) in [6.07, 6.45) is 15.4. The molecule has 5 saturated heterocycles. The number of ether oxygens (including phenoxy) is 2. The highest BCUT2D eigenvalue weighted by atomic mass is 19.3. The number of carbonyl (C=O) groups is 3. The number of aliphatic hydroxyl groups is 2. The first-order valence-electron chi connectivity index (χ1n) is 40.9. The average Bonchev–Trinajstić information content (AvgIpc) is 1.62. The van der Waals surface area contributed by atoms with Crippen molar-refractivity contribution in [2.75, 3.05) is 137 Å². The molecule has 0 saturated carbocycles. The van der Waals surface area contributed by atoms with Gasteiger partial charge in [-0.3, -0.25) is 42.3 Å². The number of amides is 3. The maximum absolute atomic E-state index is 14.6. The van der Waals surface area contributed by atoms with E-state index in [1.807, 2.05) is 94.1 Å². The van der Waals surface area contributed by atoms with Crippen molar-refractivity contribution in [3.63, 3.8) is 0 Å². The van der Waals surface area contributed by atoms with Gasteiger partial charge in [0.2, 0.25) is 0 Å². The van der Waals surface area contributed by atoms with Gasteiger partial charge in [-0.15, -0.1) is 0 Å². The summed E-state index contributed by atoms with van der Waals surface area (Å²) in [6, 6.07) is 29.5. The van der Waals surface area contributed by atoms with Gasteiger partial charge in [0.25, 0.3) is 24.1 Å². The third-order valence-corrected chi connectivity index (χ3v) is 24.1. The van der Waals surface area contributed by atoms with Crippen LogP contribution in [0.4, 0.5) is 67.8 Å². The number of pyridine rings is 6. The smallest absolute Gasteiger partial charge is 0.266 e. The molecule has 3 amide bonds. The first-order chi connectivity index (χ1) is 58.6. The molecule has 17 heterocycles. The van der Waals surface area contributed by atoms with Crippen LogP contribution in [-0.4, -0.2) is 214 Å². The zero-order valence-corrected chi connectivity index (χ0v) is 66.9.